The highest BCUT2D eigenvalue weighted by Crippen LogP contribution is 2.24. The lowest BCUT2D eigenvalue weighted by molar-refractivity contribution is 0.112. The maximum absolute atomic E-state index is 10.6. The summed E-state index contributed by atoms with van der Waals surface area (Å²) in [6.45, 7) is 1.85. The molecule has 4 nitrogen and oxygen atoms in total. The molecule has 0 spiro atoms. The van der Waals surface area contributed by atoms with Crippen molar-refractivity contribution in [1.29, 1.82) is 0 Å². The minimum absolute atomic E-state index is 0.491. The van der Waals surface area contributed by atoms with E-state index in [9.17, 15) is 4.79 Å². The smallest absolute Gasteiger partial charge is 0.222 e. The second-order valence-electron chi connectivity index (χ2n) is 3.79. The molecular formula is C14H13NO3. The summed E-state index contributed by atoms with van der Waals surface area (Å²) < 4.78 is 10.7. The van der Waals surface area contributed by atoms with E-state index >= 15 is 0 Å². The molecule has 2 rings (SSSR count). The monoisotopic (exact) mass is 243 g/mol. The topological polar surface area (TPSA) is 48.4 Å². The van der Waals surface area contributed by atoms with E-state index in [2.05, 4.69) is 4.98 Å². The van der Waals surface area contributed by atoms with Gasteiger partial charge in [-0.2, -0.15) is 0 Å². The van der Waals surface area contributed by atoms with Crippen LogP contribution >= 0.6 is 0 Å². The van der Waals surface area contributed by atoms with Crippen molar-refractivity contribution >= 4 is 6.29 Å². The Bertz CT molecular complexity index is 549. The number of aldehydes is 1. The Morgan fingerprint density at radius 2 is 1.83 bits per heavy atom. The quantitative estimate of drug-likeness (QED) is 0.774. The lowest BCUT2D eigenvalue weighted by Crippen LogP contribution is -1.93. The van der Waals surface area contributed by atoms with E-state index in [-0.39, 0.29) is 0 Å². The highest BCUT2D eigenvalue weighted by molar-refractivity contribution is 5.74. The van der Waals surface area contributed by atoms with Crippen LogP contribution in [0.5, 0.6) is 17.4 Å². The lowest BCUT2D eigenvalue weighted by atomic mass is 10.2. The third-order valence-electron chi connectivity index (χ3n) is 2.46. The van der Waals surface area contributed by atoms with Crippen LogP contribution in [-0.2, 0) is 0 Å². The molecule has 0 aliphatic carbocycles. The first-order valence-corrected chi connectivity index (χ1v) is 5.46. The van der Waals surface area contributed by atoms with Crippen LogP contribution in [-0.4, -0.2) is 18.4 Å². The average Bonchev–Trinajstić information content (AvgIpc) is 2.42. The summed E-state index contributed by atoms with van der Waals surface area (Å²) in [5.41, 5.74) is 1.35. The zero-order valence-electron chi connectivity index (χ0n) is 10.2. The van der Waals surface area contributed by atoms with Gasteiger partial charge in [0.25, 0.3) is 0 Å². The fourth-order valence-electron chi connectivity index (χ4n) is 1.51. The van der Waals surface area contributed by atoms with Crippen LogP contribution in [0.15, 0.2) is 36.5 Å². The summed E-state index contributed by atoms with van der Waals surface area (Å²) in [5, 5.41) is 0. The number of benzene rings is 1. The summed E-state index contributed by atoms with van der Waals surface area (Å²) in [6.07, 6.45) is 2.25. The van der Waals surface area contributed by atoms with Gasteiger partial charge in [-0.05, 0) is 37.3 Å². The summed E-state index contributed by atoms with van der Waals surface area (Å²) >= 11 is 0. The standard InChI is InChI=1S/C14H13NO3/c1-10-7-11(9-16)8-15-14(10)18-13-5-3-12(17-2)4-6-13/h3-9H,1-2H3. The molecule has 4 heteroatoms. The average molecular weight is 243 g/mol. The minimum atomic E-state index is 0.491. The number of carbonyl (C=O) groups is 1. The first kappa shape index (κ1) is 12.1. The van der Waals surface area contributed by atoms with Gasteiger partial charge in [0.2, 0.25) is 5.88 Å². The molecule has 18 heavy (non-hydrogen) atoms. The molecule has 0 unspecified atom stereocenters. The van der Waals surface area contributed by atoms with Gasteiger partial charge in [0.1, 0.15) is 11.5 Å². The third kappa shape index (κ3) is 2.66. The maximum Gasteiger partial charge on any atom is 0.222 e. The molecule has 0 bridgehead atoms. The van der Waals surface area contributed by atoms with E-state index in [1.165, 1.54) is 6.20 Å². The first-order chi connectivity index (χ1) is 8.72. The van der Waals surface area contributed by atoms with Gasteiger partial charge >= 0.3 is 0 Å². The Morgan fingerprint density at radius 3 is 2.39 bits per heavy atom. The molecule has 92 valence electrons. The predicted molar refractivity (Wildman–Crippen MR) is 67.4 cm³/mol. The second-order valence-corrected chi connectivity index (χ2v) is 3.79. The van der Waals surface area contributed by atoms with E-state index in [0.29, 0.717) is 17.2 Å². The molecule has 0 aliphatic heterocycles. The molecule has 0 saturated heterocycles. The summed E-state index contributed by atoms with van der Waals surface area (Å²) in [4.78, 5) is 14.7. The largest absolute Gasteiger partial charge is 0.497 e. The molecule has 2 aromatic rings. The van der Waals surface area contributed by atoms with Crippen LogP contribution in [0, 0.1) is 6.92 Å². The highest BCUT2D eigenvalue weighted by Gasteiger charge is 2.04. The number of rotatable bonds is 4. The highest BCUT2D eigenvalue weighted by atomic mass is 16.5. The van der Waals surface area contributed by atoms with Gasteiger partial charge in [-0.25, -0.2) is 4.98 Å². The fourth-order valence-corrected chi connectivity index (χ4v) is 1.51. The van der Waals surface area contributed by atoms with E-state index in [0.717, 1.165) is 17.6 Å². The number of aryl methyl sites for hydroxylation is 1. The normalized spacial score (nSPS) is 9.89. The first-order valence-electron chi connectivity index (χ1n) is 5.46. The van der Waals surface area contributed by atoms with Gasteiger partial charge in [-0.1, -0.05) is 0 Å². The third-order valence-corrected chi connectivity index (χ3v) is 2.46. The number of carbonyl (C=O) groups excluding carboxylic acids is 1. The van der Waals surface area contributed by atoms with E-state index in [1.807, 2.05) is 19.1 Å². The van der Waals surface area contributed by atoms with Gasteiger partial charge in [0, 0.05) is 17.3 Å². The molecule has 0 fully saturated rings. The van der Waals surface area contributed by atoms with Crippen molar-refractivity contribution in [2.24, 2.45) is 0 Å². The number of hydrogen-bond acceptors (Lipinski definition) is 4. The fraction of sp³-hybridized carbons (Fsp3) is 0.143. The van der Waals surface area contributed by atoms with Crippen molar-refractivity contribution in [3.05, 3.63) is 47.7 Å². The molecule has 0 N–H and O–H groups in total. The van der Waals surface area contributed by atoms with Crippen LogP contribution in [0.3, 0.4) is 0 Å². The van der Waals surface area contributed by atoms with Gasteiger partial charge in [-0.15, -0.1) is 0 Å². The molecule has 0 radical (unpaired) electrons. The Balaban J connectivity index is 2.19. The van der Waals surface area contributed by atoms with Crippen LogP contribution in [0.4, 0.5) is 0 Å². The molecule has 1 aromatic heterocycles. The van der Waals surface area contributed by atoms with Crippen LogP contribution in [0.2, 0.25) is 0 Å². The molecular weight excluding hydrogens is 230 g/mol. The second kappa shape index (κ2) is 5.31. The maximum atomic E-state index is 10.6. The van der Waals surface area contributed by atoms with Crippen molar-refractivity contribution in [2.75, 3.05) is 7.11 Å². The predicted octanol–water partition coefficient (Wildman–Crippen LogP) is 3.00. The van der Waals surface area contributed by atoms with Crippen molar-refractivity contribution in [3.8, 4) is 17.4 Å². The van der Waals surface area contributed by atoms with Gasteiger partial charge in [0.15, 0.2) is 6.29 Å². The molecule has 0 atom stereocenters. The summed E-state index contributed by atoms with van der Waals surface area (Å²) in [6, 6.07) is 8.95. The number of hydrogen-bond donors (Lipinski definition) is 0. The Kier molecular flexibility index (Phi) is 3.57. The van der Waals surface area contributed by atoms with Gasteiger partial charge in [-0.3, -0.25) is 4.79 Å². The van der Waals surface area contributed by atoms with Crippen LogP contribution in [0.25, 0.3) is 0 Å². The van der Waals surface area contributed by atoms with Crippen molar-refractivity contribution < 1.29 is 14.3 Å². The SMILES string of the molecule is COc1ccc(Oc2ncc(C=O)cc2C)cc1. The molecule has 1 heterocycles. The number of methoxy groups -OCH3 is 1. The Hall–Kier alpha value is -2.36. The van der Waals surface area contributed by atoms with E-state index in [1.54, 1.807) is 25.3 Å². The molecule has 0 amide bonds. The van der Waals surface area contributed by atoms with Crippen molar-refractivity contribution in [2.45, 2.75) is 6.92 Å². The molecule has 0 saturated carbocycles. The van der Waals surface area contributed by atoms with Gasteiger partial charge < -0.3 is 9.47 Å². The van der Waals surface area contributed by atoms with Gasteiger partial charge in [0.05, 0.1) is 7.11 Å². The van der Waals surface area contributed by atoms with Crippen LogP contribution in [0.1, 0.15) is 15.9 Å². The Labute approximate surface area is 105 Å². The number of ether oxygens (including phenoxy) is 2. The molecule has 0 aliphatic rings. The van der Waals surface area contributed by atoms with E-state index < -0.39 is 0 Å². The van der Waals surface area contributed by atoms with E-state index in [4.69, 9.17) is 9.47 Å². The summed E-state index contributed by atoms with van der Waals surface area (Å²) in [7, 11) is 1.61. The number of aromatic nitrogens is 1. The van der Waals surface area contributed by atoms with Crippen molar-refractivity contribution in [3.63, 3.8) is 0 Å². The van der Waals surface area contributed by atoms with Crippen molar-refractivity contribution in [1.82, 2.24) is 4.98 Å². The number of nitrogens with zero attached hydrogens (tertiary/aromatic N) is 1. The number of pyridine rings is 1. The lowest BCUT2D eigenvalue weighted by Gasteiger charge is -2.08. The zero-order chi connectivity index (χ0) is 13.0. The Morgan fingerprint density at radius 1 is 1.17 bits per heavy atom. The minimum Gasteiger partial charge on any atom is -0.497 e. The van der Waals surface area contributed by atoms with Crippen LogP contribution < -0.4 is 9.47 Å². The summed E-state index contributed by atoms with van der Waals surface area (Å²) in [5.74, 6) is 1.93. The molecule has 1 aromatic carbocycles. The zero-order valence-corrected chi connectivity index (χ0v) is 10.2.